The minimum absolute atomic E-state index is 0.0772. The highest BCUT2D eigenvalue weighted by molar-refractivity contribution is 6.03. The number of carbonyl (C=O) groups is 1. The Morgan fingerprint density at radius 1 is 1.10 bits per heavy atom. The molecule has 0 unspecified atom stereocenters. The molecule has 1 aliphatic rings. The second-order valence-electron chi connectivity index (χ2n) is 7.37. The minimum Gasteiger partial charge on any atom is -0.483 e. The maximum atomic E-state index is 13.0. The van der Waals surface area contributed by atoms with Gasteiger partial charge < -0.3 is 9.15 Å². The summed E-state index contributed by atoms with van der Waals surface area (Å²) in [5.74, 6) is 1.24. The van der Waals surface area contributed by atoms with Gasteiger partial charge in [-0.2, -0.15) is 5.10 Å². The van der Waals surface area contributed by atoms with E-state index in [0.717, 1.165) is 33.9 Å². The monoisotopic (exact) mass is 388 g/mol. The fraction of sp³-hybridized carbons (Fsp3) is 0.250. The van der Waals surface area contributed by atoms with Crippen LogP contribution in [-0.2, 0) is 4.79 Å². The third-order valence-corrected chi connectivity index (χ3v) is 5.33. The predicted molar refractivity (Wildman–Crippen MR) is 112 cm³/mol. The molecule has 148 valence electrons. The zero-order chi connectivity index (χ0) is 20.4. The number of ether oxygens (including phenoxy) is 1. The summed E-state index contributed by atoms with van der Waals surface area (Å²) in [5.41, 5.74) is 5.23. The first-order chi connectivity index (χ1) is 14.0. The van der Waals surface area contributed by atoms with E-state index in [1.54, 1.807) is 6.26 Å². The Bertz CT molecular complexity index is 1040. The molecule has 0 spiro atoms. The summed E-state index contributed by atoms with van der Waals surface area (Å²) in [6.07, 6.45) is 2.22. The fourth-order valence-electron chi connectivity index (χ4n) is 3.45. The van der Waals surface area contributed by atoms with Crippen LogP contribution in [0.5, 0.6) is 5.75 Å². The summed E-state index contributed by atoms with van der Waals surface area (Å²) < 4.78 is 11.4. The molecule has 1 aromatic heterocycles. The van der Waals surface area contributed by atoms with Gasteiger partial charge in [-0.25, -0.2) is 5.01 Å². The van der Waals surface area contributed by atoms with Gasteiger partial charge in [0.05, 0.1) is 12.0 Å². The number of furan rings is 1. The molecule has 1 amide bonds. The van der Waals surface area contributed by atoms with Crippen LogP contribution in [0.4, 0.5) is 0 Å². The number of carbonyl (C=O) groups excluding carboxylic acids is 1. The van der Waals surface area contributed by atoms with Crippen molar-refractivity contribution in [2.24, 2.45) is 5.10 Å². The molecule has 1 aliphatic heterocycles. The molecule has 2 aromatic carbocycles. The van der Waals surface area contributed by atoms with Crippen molar-refractivity contribution in [3.8, 4) is 5.75 Å². The lowest BCUT2D eigenvalue weighted by molar-refractivity contribution is -0.135. The van der Waals surface area contributed by atoms with Crippen molar-refractivity contribution in [1.82, 2.24) is 5.01 Å². The van der Waals surface area contributed by atoms with Crippen molar-refractivity contribution < 1.29 is 13.9 Å². The van der Waals surface area contributed by atoms with Crippen LogP contribution in [0.2, 0.25) is 0 Å². The quantitative estimate of drug-likeness (QED) is 0.621. The van der Waals surface area contributed by atoms with Gasteiger partial charge >= 0.3 is 0 Å². The number of hydrogen-bond acceptors (Lipinski definition) is 4. The molecule has 0 bridgehead atoms. The molecule has 0 saturated carbocycles. The number of aryl methyl sites for hydroxylation is 2. The number of rotatable bonds is 5. The second kappa shape index (κ2) is 7.95. The maximum absolute atomic E-state index is 13.0. The Kier molecular flexibility index (Phi) is 5.21. The number of hydrazone groups is 1. The molecule has 0 N–H and O–H groups in total. The van der Waals surface area contributed by atoms with Crippen molar-refractivity contribution in [1.29, 1.82) is 0 Å². The van der Waals surface area contributed by atoms with Crippen LogP contribution in [0, 0.1) is 20.8 Å². The Hall–Kier alpha value is -3.34. The van der Waals surface area contributed by atoms with E-state index in [1.165, 1.54) is 10.6 Å². The molecule has 2 heterocycles. The van der Waals surface area contributed by atoms with Gasteiger partial charge in [0.2, 0.25) is 0 Å². The van der Waals surface area contributed by atoms with Gasteiger partial charge in [-0.05, 0) is 55.7 Å². The van der Waals surface area contributed by atoms with E-state index in [4.69, 9.17) is 9.15 Å². The summed E-state index contributed by atoms with van der Waals surface area (Å²) in [4.78, 5) is 13.0. The van der Waals surface area contributed by atoms with Crippen LogP contribution in [0.1, 0.15) is 40.5 Å². The Morgan fingerprint density at radius 3 is 2.62 bits per heavy atom. The van der Waals surface area contributed by atoms with Crippen LogP contribution in [0.15, 0.2) is 70.4 Å². The average Bonchev–Trinajstić information content (AvgIpc) is 3.39. The summed E-state index contributed by atoms with van der Waals surface area (Å²) in [7, 11) is 0. The predicted octanol–water partition coefficient (Wildman–Crippen LogP) is 4.96. The molecule has 29 heavy (non-hydrogen) atoms. The second-order valence-corrected chi connectivity index (χ2v) is 7.37. The van der Waals surface area contributed by atoms with Crippen molar-refractivity contribution >= 4 is 11.6 Å². The normalized spacial score (nSPS) is 16.0. The number of benzene rings is 2. The third-order valence-electron chi connectivity index (χ3n) is 5.33. The van der Waals surface area contributed by atoms with Gasteiger partial charge in [0, 0.05) is 6.42 Å². The van der Waals surface area contributed by atoms with E-state index in [9.17, 15) is 4.79 Å². The first-order valence-corrected chi connectivity index (χ1v) is 9.72. The molecule has 5 nitrogen and oxygen atoms in total. The molecule has 0 saturated heterocycles. The van der Waals surface area contributed by atoms with Crippen molar-refractivity contribution in [2.75, 3.05) is 6.61 Å². The number of nitrogens with zero attached hydrogens (tertiary/aromatic N) is 2. The first-order valence-electron chi connectivity index (χ1n) is 9.72. The van der Waals surface area contributed by atoms with Crippen LogP contribution in [-0.4, -0.2) is 23.2 Å². The molecular weight excluding hydrogens is 364 g/mol. The van der Waals surface area contributed by atoms with E-state index in [1.807, 2.05) is 75.4 Å². The van der Waals surface area contributed by atoms with E-state index < -0.39 is 0 Å². The Morgan fingerprint density at radius 2 is 1.90 bits per heavy atom. The smallest absolute Gasteiger partial charge is 0.281 e. The largest absolute Gasteiger partial charge is 0.483 e. The molecule has 5 heteroatoms. The van der Waals surface area contributed by atoms with E-state index >= 15 is 0 Å². The molecule has 3 aromatic rings. The molecule has 0 radical (unpaired) electrons. The highest BCUT2D eigenvalue weighted by Crippen LogP contribution is 2.33. The molecule has 0 fully saturated rings. The van der Waals surface area contributed by atoms with Crippen LogP contribution in [0.3, 0.4) is 0 Å². The maximum Gasteiger partial charge on any atom is 0.281 e. The SMILES string of the molecule is Cc1ccc(C2=NN(C(=O)COc3cccc(C)c3C)[C@H](c3ccco3)C2)cc1. The van der Waals surface area contributed by atoms with Crippen LogP contribution in [0.25, 0.3) is 0 Å². The van der Waals surface area contributed by atoms with Crippen LogP contribution >= 0.6 is 0 Å². The van der Waals surface area contributed by atoms with Crippen LogP contribution < -0.4 is 4.74 Å². The highest BCUT2D eigenvalue weighted by atomic mass is 16.5. The molecule has 4 rings (SSSR count). The van der Waals surface area contributed by atoms with Gasteiger partial charge in [-0.3, -0.25) is 4.79 Å². The Balaban J connectivity index is 1.56. The Labute approximate surface area is 170 Å². The lowest BCUT2D eigenvalue weighted by Crippen LogP contribution is -2.31. The van der Waals surface area contributed by atoms with Gasteiger partial charge in [0.25, 0.3) is 5.91 Å². The van der Waals surface area contributed by atoms with E-state index in [2.05, 4.69) is 5.10 Å². The molecule has 1 atom stereocenters. The summed E-state index contributed by atoms with van der Waals surface area (Å²) >= 11 is 0. The summed E-state index contributed by atoms with van der Waals surface area (Å²) in [6, 6.07) is 17.4. The van der Waals surface area contributed by atoms with Gasteiger partial charge in [0.15, 0.2) is 6.61 Å². The van der Waals surface area contributed by atoms with Gasteiger partial charge in [-0.1, -0.05) is 42.0 Å². The standard InChI is InChI=1S/C24H24N2O3/c1-16-9-11-19(12-10-16)20-14-21(23-8-5-13-28-23)26(25-20)24(27)15-29-22-7-4-6-17(2)18(22)3/h4-13,21H,14-15H2,1-3H3/t21-/m0/s1. The lowest BCUT2D eigenvalue weighted by atomic mass is 10.0. The number of amides is 1. The van der Waals surface area contributed by atoms with Gasteiger partial charge in [-0.15, -0.1) is 0 Å². The summed E-state index contributed by atoms with van der Waals surface area (Å²) in [6.45, 7) is 5.98. The molecular formula is C24H24N2O3. The zero-order valence-corrected chi connectivity index (χ0v) is 16.9. The van der Waals surface area contributed by atoms with Crippen molar-refractivity contribution in [2.45, 2.75) is 33.2 Å². The average molecular weight is 388 g/mol. The fourth-order valence-corrected chi connectivity index (χ4v) is 3.45. The summed E-state index contributed by atoms with van der Waals surface area (Å²) in [5, 5.41) is 6.14. The van der Waals surface area contributed by atoms with Crippen molar-refractivity contribution in [3.05, 3.63) is 88.9 Å². The molecule has 0 aliphatic carbocycles. The first kappa shape index (κ1) is 19.0. The zero-order valence-electron chi connectivity index (χ0n) is 16.9. The van der Waals surface area contributed by atoms with Gasteiger partial charge in [0.1, 0.15) is 17.6 Å². The topological polar surface area (TPSA) is 55.0 Å². The van der Waals surface area contributed by atoms with E-state index in [0.29, 0.717) is 6.42 Å². The van der Waals surface area contributed by atoms with E-state index in [-0.39, 0.29) is 18.6 Å². The van der Waals surface area contributed by atoms with Crippen molar-refractivity contribution in [3.63, 3.8) is 0 Å². The number of hydrogen-bond donors (Lipinski definition) is 0. The minimum atomic E-state index is -0.268. The lowest BCUT2D eigenvalue weighted by Gasteiger charge is -2.20. The highest BCUT2D eigenvalue weighted by Gasteiger charge is 2.35. The third kappa shape index (κ3) is 3.94.